The summed E-state index contributed by atoms with van der Waals surface area (Å²) in [4.78, 5) is 36.6. The van der Waals surface area contributed by atoms with Crippen molar-refractivity contribution in [1.29, 1.82) is 0 Å². The van der Waals surface area contributed by atoms with Crippen molar-refractivity contribution < 1.29 is 27.5 Å². The number of aromatic nitrogens is 2. The predicted octanol–water partition coefficient (Wildman–Crippen LogP) is 3.38. The molecular weight excluding hydrogens is 562 g/mol. The molecule has 1 atom stereocenters. The summed E-state index contributed by atoms with van der Waals surface area (Å²) in [6.45, 7) is 10.5. The molecular formula is C28H41N7O6S. The number of nitrogens with one attached hydrogen (secondary N) is 3. The molecule has 230 valence electrons. The van der Waals surface area contributed by atoms with E-state index in [1.54, 1.807) is 17.0 Å². The second-order valence-corrected chi connectivity index (χ2v) is 13.2. The summed E-state index contributed by atoms with van der Waals surface area (Å²) >= 11 is 0. The maximum Gasteiger partial charge on any atom is 0.410 e. The van der Waals surface area contributed by atoms with E-state index in [2.05, 4.69) is 32.8 Å². The fourth-order valence-electron chi connectivity index (χ4n) is 4.53. The summed E-state index contributed by atoms with van der Waals surface area (Å²) < 4.78 is 38.0. The molecule has 0 spiro atoms. The number of likely N-dealkylation sites (tertiary alicyclic amines) is 1. The second-order valence-electron chi connectivity index (χ2n) is 11.3. The quantitative estimate of drug-likeness (QED) is 0.344. The molecule has 1 aromatic heterocycles. The summed E-state index contributed by atoms with van der Waals surface area (Å²) in [6.07, 6.45) is 3.68. The van der Waals surface area contributed by atoms with Crippen molar-refractivity contribution in [1.82, 2.24) is 19.2 Å². The number of unbranched alkanes of at least 4 members (excludes halogenated alkanes) is 1. The van der Waals surface area contributed by atoms with Gasteiger partial charge in [-0.25, -0.2) is 18.2 Å². The number of benzene rings is 1. The van der Waals surface area contributed by atoms with Crippen LogP contribution in [0.1, 0.15) is 57.3 Å². The lowest BCUT2D eigenvalue weighted by atomic mass is 10.2. The van der Waals surface area contributed by atoms with E-state index in [0.29, 0.717) is 69.8 Å². The van der Waals surface area contributed by atoms with E-state index in [1.807, 2.05) is 20.8 Å². The first-order valence-electron chi connectivity index (χ1n) is 14.3. The summed E-state index contributed by atoms with van der Waals surface area (Å²) in [5.41, 5.74) is 0.0514. The number of anilines is 3. The highest BCUT2D eigenvalue weighted by atomic mass is 32.2. The molecule has 0 radical (unpaired) electrons. The molecule has 3 heterocycles. The van der Waals surface area contributed by atoms with E-state index >= 15 is 0 Å². The van der Waals surface area contributed by atoms with E-state index in [1.165, 1.54) is 22.6 Å². The molecule has 1 unspecified atom stereocenters. The Morgan fingerprint density at radius 2 is 1.83 bits per heavy atom. The molecule has 2 aromatic rings. The summed E-state index contributed by atoms with van der Waals surface area (Å²) in [7, 11) is -3.65. The smallest absolute Gasteiger partial charge is 0.410 e. The van der Waals surface area contributed by atoms with Crippen molar-refractivity contribution in [3.63, 3.8) is 0 Å². The van der Waals surface area contributed by atoms with Crippen molar-refractivity contribution in [3.8, 4) is 0 Å². The van der Waals surface area contributed by atoms with E-state index in [-0.39, 0.29) is 22.6 Å². The topological polar surface area (TPSA) is 155 Å². The van der Waals surface area contributed by atoms with Crippen LogP contribution in [0.2, 0.25) is 0 Å². The van der Waals surface area contributed by atoms with Gasteiger partial charge >= 0.3 is 6.09 Å². The summed E-state index contributed by atoms with van der Waals surface area (Å²) in [5, 5.41) is 9.32. The van der Waals surface area contributed by atoms with Crippen LogP contribution < -0.4 is 16.0 Å². The van der Waals surface area contributed by atoms with Gasteiger partial charge in [0.1, 0.15) is 17.0 Å². The number of rotatable bonds is 10. The molecule has 42 heavy (non-hydrogen) atoms. The number of ether oxygens (including phenoxy) is 2. The summed E-state index contributed by atoms with van der Waals surface area (Å²) in [6, 6.07) is 5.90. The van der Waals surface area contributed by atoms with Crippen LogP contribution in [-0.4, -0.2) is 97.2 Å². The van der Waals surface area contributed by atoms with Crippen LogP contribution in [0.4, 0.5) is 22.2 Å². The molecule has 3 N–H and O–H groups in total. The lowest BCUT2D eigenvalue weighted by Crippen LogP contribution is -2.40. The van der Waals surface area contributed by atoms with Gasteiger partial charge in [-0.15, -0.1) is 0 Å². The molecule has 0 aliphatic carbocycles. The third kappa shape index (κ3) is 8.29. The Bertz CT molecular complexity index is 1340. The maximum atomic E-state index is 13.4. The van der Waals surface area contributed by atoms with Gasteiger partial charge in [-0.3, -0.25) is 4.79 Å². The van der Waals surface area contributed by atoms with Gasteiger partial charge < -0.3 is 30.3 Å². The van der Waals surface area contributed by atoms with E-state index in [9.17, 15) is 18.0 Å². The van der Waals surface area contributed by atoms with Crippen LogP contribution in [0.25, 0.3) is 0 Å². The molecule has 4 rings (SSSR count). The molecule has 0 bridgehead atoms. The van der Waals surface area contributed by atoms with Gasteiger partial charge in [0.2, 0.25) is 16.0 Å². The molecule has 1 aromatic carbocycles. The Hall–Kier alpha value is -3.49. The van der Waals surface area contributed by atoms with Gasteiger partial charge in [0.15, 0.2) is 0 Å². The number of morpholine rings is 1. The molecule has 2 amide bonds. The zero-order valence-electron chi connectivity index (χ0n) is 24.7. The van der Waals surface area contributed by atoms with Gasteiger partial charge in [0.25, 0.3) is 5.91 Å². The zero-order chi connectivity index (χ0) is 30.3. The van der Waals surface area contributed by atoms with Crippen LogP contribution in [0, 0.1) is 0 Å². The van der Waals surface area contributed by atoms with E-state index < -0.39 is 21.5 Å². The fraction of sp³-hybridized carbons (Fsp3) is 0.571. The van der Waals surface area contributed by atoms with Crippen molar-refractivity contribution >= 4 is 39.5 Å². The minimum absolute atomic E-state index is 0.145. The zero-order valence-corrected chi connectivity index (χ0v) is 25.5. The number of nitrogens with zero attached hydrogens (tertiary/aromatic N) is 4. The van der Waals surface area contributed by atoms with Crippen molar-refractivity contribution in [2.24, 2.45) is 0 Å². The average Bonchev–Trinajstić information content (AvgIpc) is 3.42. The molecule has 2 aliphatic heterocycles. The third-order valence-electron chi connectivity index (χ3n) is 6.75. The lowest BCUT2D eigenvalue weighted by molar-refractivity contribution is 0.0293. The van der Waals surface area contributed by atoms with Crippen LogP contribution in [0.15, 0.2) is 35.4 Å². The standard InChI is InChI=1S/C28H41N7O6S/c1-5-6-12-29-26-30-18-23(24(33-26)31-21-11-13-34(19-21)27(37)41-28(2,3)4)25(36)32-20-7-9-22(10-8-20)42(38,39)35-14-16-40-17-15-35/h7-10,18,21H,5-6,11-17,19H2,1-4H3,(H,32,36)(H2,29,30,31,33). The Kier molecular flexibility index (Phi) is 10.2. The number of carbonyl (C=O) groups is 2. The maximum absolute atomic E-state index is 13.4. The Morgan fingerprint density at radius 1 is 1.12 bits per heavy atom. The molecule has 13 nitrogen and oxygen atoms in total. The molecule has 2 fully saturated rings. The fourth-order valence-corrected chi connectivity index (χ4v) is 5.94. The van der Waals surface area contributed by atoms with Crippen molar-refractivity contribution in [2.45, 2.75) is 63.5 Å². The first-order valence-corrected chi connectivity index (χ1v) is 15.7. The van der Waals surface area contributed by atoms with E-state index in [4.69, 9.17) is 9.47 Å². The number of hydrogen-bond acceptors (Lipinski definition) is 10. The van der Waals surface area contributed by atoms with Crippen LogP contribution in [-0.2, 0) is 19.5 Å². The Balaban J connectivity index is 1.47. The predicted molar refractivity (Wildman–Crippen MR) is 159 cm³/mol. The number of hydrogen-bond donors (Lipinski definition) is 3. The second kappa shape index (κ2) is 13.7. The summed E-state index contributed by atoms with van der Waals surface area (Å²) in [5.74, 6) is 0.273. The van der Waals surface area contributed by atoms with Gasteiger partial charge in [0, 0.05) is 50.6 Å². The number of amides is 2. The van der Waals surface area contributed by atoms with Gasteiger partial charge in [-0.05, 0) is 57.9 Å². The largest absolute Gasteiger partial charge is 0.444 e. The van der Waals surface area contributed by atoms with Crippen LogP contribution in [0.5, 0.6) is 0 Å². The Morgan fingerprint density at radius 3 is 2.50 bits per heavy atom. The van der Waals surface area contributed by atoms with Crippen molar-refractivity contribution in [3.05, 3.63) is 36.0 Å². The monoisotopic (exact) mass is 603 g/mol. The van der Waals surface area contributed by atoms with Gasteiger partial charge in [-0.1, -0.05) is 13.3 Å². The van der Waals surface area contributed by atoms with Crippen LogP contribution in [0.3, 0.4) is 0 Å². The minimum Gasteiger partial charge on any atom is -0.444 e. The first kappa shape index (κ1) is 31.4. The normalized spacial score (nSPS) is 18.0. The van der Waals surface area contributed by atoms with Crippen LogP contribution >= 0.6 is 0 Å². The number of carbonyl (C=O) groups excluding carboxylic acids is 2. The average molecular weight is 604 g/mol. The van der Waals surface area contributed by atoms with E-state index in [0.717, 1.165) is 12.8 Å². The molecule has 14 heteroatoms. The molecule has 0 saturated carbocycles. The Labute approximate surface area is 247 Å². The highest BCUT2D eigenvalue weighted by Crippen LogP contribution is 2.24. The molecule has 2 aliphatic rings. The first-order chi connectivity index (χ1) is 20.0. The number of sulfonamides is 1. The van der Waals surface area contributed by atoms with Crippen molar-refractivity contribution in [2.75, 3.05) is 61.9 Å². The van der Waals surface area contributed by atoms with Gasteiger partial charge in [-0.2, -0.15) is 9.29 Å². The SMILES string of the molecule is CCCCNc1ncc(C(=O)Nc2ccc(S(=O)(=O)N3CCOCC3)cc2)c(NC2CCN(C(=O)OC(C)(C)C)C2)n1. The third-order valence-corrected chi connectivity index (χ3v) is 8.66. The molecule has 2 saturated heterocycles. The highest BCUT2D eigenvalue weighted by Gasteiger charge is 2.31. The minimum atomic E-state index is -3.65. The highest BCUT2D eigenvalue weighted by molar-refractivity contribution is 7.89. The lowest BCUT2D eigenvalue weighted by Gasteiger charge is -2.26. The van der Waals surface area contributed by atoms with Gasteiger partial charge in [0.05, 0.1) is 18.1 Å².